The maximum atomic E-state index is 13.3. The van der Waals surface area contributed by atoms with Crippen LogP contribution in [-0.2, 0) is 6.54 Å². The van der Waals surface area contributed by atoms with Gasteiger partial charge in [0.15, 0.2) is 11.2 Å². The van der Waals surface area contributed by atoms with Gasteiger partial charge in [-0.05, 0) is 44.8 Å². The van der Waals surface area contributed by atoms with Crippen LogP contribution < -0.4 is 5.56 Å². The zero-order chi connectivity index (χ0) is 19.1. The van der Waals surface area contributed by atoms with Gasteiger partial charge in [0.1, 0.15) is 11.3 Å². The molecular weight excluding hydrogens is 347 g/mol. The second-order valence-electron chi connectivity index (χ2n) is 6.75. The lowest BCUT2D eigenvalue weighted by Gasteiger charge is -2.11. The normalized spacial score (nSPS) is 11.7. The summed E-state index contributed by atoms with van der Waals surface area (Å²) in [5.41, 5.74) is 3.54. The third kappa shape index (κ3) is 2.97. The summed E-state index contributed by atoms with van der Waals surface area (Å²) in [6.07, 6.45) is 1.75. The number of fused-ring (bicyclic) bond motifs is 3. The molecule has 3 aromatic heterocycles. The number of halogens is 1. The number of rotatable bonds is 4. The Morgan fingerprint density at radius 3 is 2.56 bits per heavy atom. The molecule has 0 spiro atoms. The number of likely N-dealkylation sites (N-methyl/N-ethyl adjacent to an activating group) is 1. The second-order valence-corrected chi connectivity index (χ2v) is 6.75. The molecule has 0 aliphatic carbocycles. The van der Waals surface area contributed by atoms with Crippen molar-refractivity contribution in [3.05, 3.63) is 58.4 Å². The Morgan fingerprint density at radius 2 is 1.85 bits per heavy atom. The summed E-state index contributed by atoms with van der Waals surface area (Å²) in [5, 5.41) is 13.0. The molecule has 0 radical (unpaired) electrons. The maximum absolute atomic E-state index is 13.3. The topological polar surface area (TPSA) is 68.3 Å². The lowest BCUT2D eigenvalue weighted by Crippen LogP contribution is -2.27. The van der Waals surface area contributed by atoms with Crippen molar-refractivity contribution < 1.29 is 4.39 Å². The first-order chi connectivity index (χ1) is 13.0. The molecule has 3 heterocycles. The van der Waals surface area contributed by atoms with E-state index in [1.54, 1.807) is 27.4 Å². The minimum Gasteiger partial charge on any atom is -0.312 e. The minimum atomic E-state index is -0.303. The van der Waals surface area contributed by atoms with Crippen LogP contribution in [0.1, 0.15) is 5.69 Å². The first-order valence-electron chi connectivity index (χ1n) is 8.61. The largest absolute Gasteiger partial charge is 0.312 e. The van der Waals surface area contributed by atoms with E-state index in [-0.39, 0.29) is 16.9 Å². The molecule has 4 aromatic rings. The fraction of sp³-hybridized carbons (Fsp3) is 0.263. The Bertz CT molecular complexity index is 1190. The molecule has 0 saturated carbocycles. The molecule has 138 valence electrons. The van der Waals surface area contributed by atoms with Gasteiger partial charge in [0.25, 0.3) is 5.56 Å². The van der Waals surface area contributed by atoms with Crippen LogP contribution in [0.25, 0.3) is 27.8 Å². The molecular formula is C19H19FN6O. The molecule has 0 aliphatic heterocycles. The highest BCUT2D eigenvalue weighted by molar-refractivity contribution is 5.84. The average molecular weight is 366 g/mol. The fourth-order valence-electron chi connectivity index (χ4n) is 3.13. The highest BCUT2D eigenvalue weighted by Crippen LogP contribution is 2.28. The van der Waals surface area contributed by atoms with Crippen LogP contribution >= 0.6 is 0 Å². The smallest absolute Gasteiger partial charge is 0.280 e. The third-order valence-electron chi connectivity index (χ3n) is 4.55. The molecule has 8 heteroatoms. The van der Waals surface area contributed by atoms with Crippen LogP contribution in [0, 0.1) is 12.7 Å². The van der Waals surface area contributed by atoms with Crippen molar-refractivity contribution in [2.75, 3.05) is 20.6 Å². The Balaban J connectivity index is 1.90. The predicted molar refractivity (Wildman–Crippen MR) is 101 cm³/mol. The quantitative estimate of drug-likeness (QED) is 0.553. The van der Waals surface area contributed by atoms with E-state index in [9.17, 15) is 9.18 Å². The van der Waals surface area contributed by atoms with E-state index in [0.29, 0.717) is 17.7 Å². The van der Waals surface area contributed by atoms with Gasteiger partial charge in [-0.3, -0.25) is 4.79 Å². The van der Waals surface area contributed by atoms with Crippen molar-refractivity contribution in [2.24, 2.45) is 0 Å². The molecule has 0 amide bonds. The van der Waals surface area contributed by atoms with Crippen molar-refractivity contribution >= 4 is 16.7 Å². The summed E-state index contributed by atoms with van der Waals surface area (Å²) in [4.78, 5) is 14.8. The van der Waals surface area contributed by atoms with Crippen LogP contribution in [0.5, 0.6) is 0 Å². The second kappa shape index (κ2) is 6.55. The number of nitrogens with zero attached hydrogens (tertiary/aromatic N) is 6. The number of benzene rings is 1. The third-order valence-corrected chi connectivity index (χ3v) is 4.55. The van der Waals surface area contributed by atoms with Gasteiger partial charge in [0.05, 0.1) is 11.3 Å². The molecule has 0 bridgehead atoms. The number of aryl methyl sites for hydroxylation is 1. The first kappa shape index (κ1) is 17.3. The average Bonchev–Trinajstić information content (AvgIpc) is 2.98. The van der Waals surface area contributed by atoms with E-state index in [4.69, 9.17) is 0 Å². The minimum absolute atomic E-state index is 0.194. The molecule has 0 N–H and O–H groups in total. The van der Waals surface area contributed by atoms with Crippen molar-refractivity contribution in [2.45, 2.75) is 13.5 Å². The SMILES string of the molecule is Cc1nn2c(nnc3c(=O)n(CCN(C)C)ccc32)c1-c1ccc(F)cc1. The van der Waals surface area contributed by atoms with Gasteiger partial charge in [-0.2, -0.15) is 5.10 Å². The Hall–Kier alpha value is -3.13. The monoisotopic (exact) mass is 366 g/mol. The zero-order valence-electron chi connectivity index (χ0n) is 15.3. The summed E-state index contributed by atoms with van der Waals surface area (Å²) in [7, 11) is 3.91. The predicted octanol–water partition coefficient (Wildman–Crippen LogP) is 2.12. The van der Waals surface area contributed by atoms with Crippen molar-refractivity contribution in [1.82, 2.24) is 29.3 Å². The summed E-state index contributed by atoms with van der Waals surface area (Å²) in [6.45, 7) is 3.18. The summed E-state index contributed by atoms with van der Waals surface area (Å²) < 4.78 is 16.5. The lowest BCUT2D eigenvalue weighted by atomic mass is 10.1. The van der Waals surface area contributed by atoms with E-state index < -0.39 is 0 Å². The van der Waals surface area contributed by atoms with Crippen LogP contribution in [0.4, 0.5) is 4.39 Å². The van der Waals surface area contributed by atoms with Gasteiger partial charge in [-0.15, -0.1) is 10.2 Å². The number of hydrogen-bond acceptors (Lipinski definition) is 5. The Labute approximate surface area is 154 Å². The number of pyridine rings is 1. The van der Waals surface area contributed by atoms with Gasteiger partial charge in [-0.25, -0.2) is 8.91 Å². The highest BCUT2D eigenvalue weighted by Gasteiger charge is 2.17. The van der Waals surface area contributed by atoms with E-state index >= 15 is 0 Å². The molecule has 7 nitrogen and oxygen atoms in total. The van der Waals surface area contributed by atoms with Crippen LogP contribution in [-0.4, -0.2) is 49.9 Å². The molecule has 1 aromatic carbocycles. The van der Waals surface area contributed by atoms with Crippen LogP contribution in [0.15, 0.2) is 41.3 Å². The standard InChI is InChI=1S/C19H19FN6O/c1-12-16(13-4-6-14(20)7-5-13)18-22-21-17-15(26(18)23-12)8-9-25(19(17)27)11-10-24(2)3/h4-9H,10-11H2,1-3H3. The molecule has 0 atom stereocenters. The summed E-state index contributed by atoms with van der Waals surface area (Å²) >= 11 is 0. The number of hydrogen-bond donors (Lipinski definition) is 0. The molecule has 0 fully saturated rings. The van der Waals surface area contributed by atoms with Crippen LogP contribution in [0.3, 0.4) is 0 Å². The van der Waals surface area contributed by atoms with Gasteiger partial charge < -0.3 is 9.47 Å². The van der Waals surface area contributed by atoms with Crippen molar-refractivity contribution in [3.63, 3.8) is 0 Å². The highest BCUT2D eigenvalue weighted by atomic mass is 19.1. The summed E-state index contributed by atoms with van der Waals surface area (Å²) in [5.74, 6) is -0.303. The summed E-state index contributed by atoms with van der Waals surface area (Å²) in [6, 6.07) is 8.00. The maximum Gasteiger partial charge on any atom is 0.280 e. The van der Waals surface area contributed by atoms with Gasteiger partial charge in [0.2, 0.25) is 0 Å². The first-order valence-corrected chi connectivity index (χ1v) is 8.61. The van der Waals surface area contributed by atoms with Gasteiger partial charge >= 0.3 is 0 Å². The molecule has 0 saturated heterocycles. The fourth-order valence-corrected chi connectivity index (χ4v) is 3.13. The van der Waals surface area contributed by atoms with Crippen LogP contribution in [0.2, 0.25) is 0 Å². The molecule has 0 unspecified atom stereocenters. The van der Waals surface area contributed by atoms with Gasteiger partial charge in [-0.1, -0.05) is 12.1 Å². The Morgan fingerprint density at radius 1 is 1.11 bits per heavy atom. The van der Waals surface area contributed by atoms with E-state index in [1.165, 1.54) is 12.1 Å². The Kier molecular flexibility index (Phi) is 4.19. The van der Waals surface area contributed by atoms with E-state index in [0.717, 1.165) is 23.4 Å². The molecule has 27 heavy (non-hydrogen) atoms. The lowest BCUT2D eigenvalue weighted by molar-refractivity contribution is 0.381. The van der Waals surface area contributed by atoms with Crippen molar-refractivity contribution in [1.29, 1.82) is 0 Å². The molecule has 4 rings (SSSR count). The van der Waals surface area contributed by atoms with E-state index in [1.807, 2.05) is 32.0 Å². The number of aromatic nitrogens is 5. The molecule has 0 aliphatic rings. The van der Waals surface area contributed by atoms with Gasteiger partial charge in [0, 0.05) is 19.3 Å². The zero-order valence-corrected chi connectivity index (χ0v) is 15.3. The van der Waals surface area contributed by atoms with Crippen molar-refractivity contribution in [3.8, 4) is 11.1 Å². The van der Waals surface area contributed by atoms with E-state index in [2.05, 4.69) is 15.3 Å².